The van der Waals surface area contributed by atoms with Crippen molar-refractivity contribution < 1.29 is 10.2 Å². The highest BCUT2D eigenvalue weighted by atomic mass is 16.3. The number of hydrogen-bond donors (Lipinski definition) is 2. The van der Waals surface area contributed by atoms with E-state index in [0.29, 0.717) is 17.5 Å². The Morgan fingerprint density at radius 2 is 1.17 bits per heavy atom. The lowest BCUT2D eigenvalue weighted by Gasteiger charge is -2.41. The van der Waals surface area contributed by atoms with E-state index in [-0.39, 0.29) is 10.8 Å². The van der Waals surface area contributed by atoms with Crippen LogP contribution >= 0.6 is 0 Å². The SMILES string of the molecule is Cc1cc(C(C)(C)C)c(O)c(C)c1CN1CCN(Cc2c(C)cc(C(C)(C)C)c(O)c2C)C(C)C1. The van der Waals surface area contributed by atoms with Crippen molar-refractivity contribution in [2.24, 2.45) is 0 Å². The van der Waals surface area contributed by atoms with Gasteiger partial charge in [0.2, 0.25) is 0 Å². The topological polar surface area (TPSA) is 46.9 Å². The molecule has 2 aromatic carbocycles. The average Bonchev–Trinajstić information content (AvgIpc) is 2.73. The summed E-state index contributed by atoms with van der Waals surface area (Å²) in [6, 6.07) is 4.77. The summed E-state index contributed by atoms with van der Waals surface area (Å²) in [7, 11) is 0. The molecule has 4 nitrogen and oxygen atoms in total. The van der Waals surface area contributed by atoms with Gasteiger partial charge in [-0.05, 0) is 90.0 Å². The molecule has 1 saturated heterocycles. The van der Waals surface area contributed by atoms with E-state index in [9.17, 15) is 10.2 Å². The molecule has 0 radical (unpaired) electrons. The van der Waals surface area contributed by atoms with Gasteiger partial charge in [0.05, 0.1) is 0 Å². The molecular formula is C31H48N2O2. The maximum atomic E-state index is 10.9. The Kier molecular flexibility index (Phi) is 7.70. The highest BCUT2D eigenvalue weighted by molar-refractivity contribution is 5.52. The van der Waals surface area contributed by atoms with Crippen LogP contribution in [-0.4, -0.2) is 45.7 Å². The number of hydrogen-bond acceptors (Lipinski definition) is 4. The normalized spacial score (nSPS) is 18.3. The van der Waals surface area contributed by atoms with E-state index in [1.165, 1.54) is 22.3 Å². The van der Waals surface area contributed by atoms with E-state index >= 15 is 0 Å². The Labute approximate surface area is 214 Å². The van der Waals surface area contributed by atoms with Crippen molar-refractivity contribution in [1.82, 2.24) is 9.80 Å². The second-order valence-corrected chi connectivity index (χ2v) is 12.9. The summed E-state index contributed by atoms with van der Waals surface area (Å²) in [5.74, 6) is 0.906. The molecule has 0 saturated carbocycles. The number of piperazine rings is 1. The van der Waals surface area contributed by atoms with Crippen molar-refractivity contribution in [2.45, 2.75) is 106 Å². The first-order valence-electron chi connectivity index (χ1n) is 13.1. The smallest absolute Gasteiger partial charge is 0.122 e. The molecule has 0 aliphatic carbocycles. The Morgan fingerprint density at radius 3 is 1.57 bits per heavy atom. The number of aromatic hydroxyl groups is 2. The molecule has 0 aromatic heterocycles. The lowest BCUT2D eigenvalue weighted by molar-refractivity contribution is 0.0727. The summed E-state index contributed by atoms with van der Waals surface area (Å²) in [6.07, 6.45) is 0. The number of nitrogens with zero attached hydrogens (tertiary/aromatic N) is 2. The zero-order valence-corrected chi connectivity index (χ0v) is 24.1. The lowest BCUT2D eigenvalue weighted by Crippen LogP contribution is -2.51. The fraction of sp³-hybridized carbons (Fsp3) is 0.613. The van der Waals surface area contributed by atoms with Gasteiger partial charge in [-0.2, -0.15) is 0 Å². The Hall–Kier alpha value is -2.04. The standard InChI is InChI=1S/C31H48N2O2/c1-19-14-26(30(6,7)8)28(34)22(4)24(19)17-32-12-13-33(21(3)16-32)18-25-20(2)15-27(31(9,10)11)29(35)23(25)5/h14-15,21,34-35H,12-13,16-18H2,1-11H3. The summed E-state index contributed by atoms with van der Waals surface area (Å²) >= 11 is 0. The molecule has 1 aliphatic heterocycles. The maximum absolute atomic E-state index is 10.9. The number of rotatable bonds is 4. The summed E-state index contributed by atoms with van der Waals surface area (Å²) in [5.41, 5.74) is 8.98. The highest BCUT2D eigenvalue weighted by Crippen LogP contribution is 2.38. The molecule has 0 bridgehead atoms. The van der Waals surface area contributed by atoms with Crippen LogP contribution in [0.1, 0.15) is 93.0 Å². The number of aryl methyl sites for hydroxylation is 2. The largest absolute Gasteiger partial charge is 0.507 e. The van der Waals surface area contributed by atoms with E-state index in [0.717, 1.165) is 55.0 Å². The number of benzene rings is 2. The first-order valence-corrected chi connectivity index (χ1v) is 13.1. The fourth-order valence-corrected chi connectivity index (χ4v) is 5.53. The lowest BCUT2D eigenvalue weighted by atomic mass is 9.82. The number of phenols is 2. The van der Waals surface area contributed by atoms with Gasteiger partial charge in [0.1, 0.15) is 11.5 Å². The van der Waals surface area contributed by atoms with Crippen LogP contribution < -0.4 is 0 Å². The van der Waals surface area contributed by atoms with Crippen molar-refractivity contribution in [1.29, 1.82) is 0 Å². The van der Waals surface area contributed by atoms with Gasteiger partial charge in [-0.3, -0.25) is 9.80 Å². The fourth-order valence-electron chi connectivity index (χ4n) is 5.53. The van der Waals surface area contributed by atoms with Crippen LogP contribution in [-0.2, 0) is 23.9 Å². The molecule has 4 heteroatoms. The van der Waals surface area contributed by atoms with Crippen molar-refractivity contribution in [3.05, 3.63) is 56.6 Å². The molecule has 2 aromatic rings. The van der Waals surface area contributed by atoms with Crippen LogP contribution in [0.25, 0.3) is 0 Å². The molecule has 194 valence electrons. The molecule has 2 N–H and O–H groups in total. The van der Waals surface area contributed by atoms with Crippen LogP contribution in [0.3, 0.4) is 0 Å². The van der Waals surface area contributed by atoms with Crippen molar-refractivity contribution >= 4 is 0 Å². The Bertz CT molecular complexity index is 1090. The quantitative estimate of drug-likeness (QED) is 0.515. The third-order valence-electron chi connectivity index (χ3n) is 8.01. The zero-order chi connectivity index (χ0) is 26.5. The van der Waals surface area contributed by atoms with Crippen LogP contribution in [0.2, 0.25) is 0 Å². The van der Waals surface area contributed by atoms with E-state index in [1.54, 1.807) is 0 Å². The minimum absolute atomic E-state index is 0.0753. The third-order valence-corrected chi connectivity index (χ3v) is 8.01. The monoisotopic (exact) mass is 480 g/mol. The molecule has 0 amide bonds. The molecule has 1 fully saturated rings. The molecule has 3 rings (SSSR count). The average molecular weight is 481 g/mol. The van der Waals surface area contributed by atoms with Crippen LogP contribution in [0.5, 0.6) is 11.5 Å². The van der Waals surface area contributed by atoms with Gasteiger partial charge in [0, 0.05) is 38.8 Å². The van der Waals surface area contributed by atoms with Crippen molar-refractivity contribution in [2.75, 3.05) is 19.6 Å². The maximum Gasteiger partial charge on any atom is 0.122 e. The van der Waals surface area contributed by atoms with Gasteiger partial charge in [-0.25, -0.2) is 0 Å². The first kappa shape index (κ1) is 27.5. The van der Waals surface area contributed by atoms with Gasteiger partial charge >= 0.3 is 0 Å². The molecule has 35 heavy (non-hydrogen) atoms. The second kappa shape index (κ2) is 9.78. The molecule has 0 spiro atoms. The molecular weight excluding hydrogens is 432 g/mol. The summed E-state index contributed by atoms with van der Waals surface area (Å²) in [6.45, 7) is 28.4. The Balaban J connectivity index is 1.75. The van der Waals surface area contributed by atoms with E-state index in [1.807, 2.05) is 0 Å². The summed E-state index contributed by atoms with van der Waals surface area (Å²) in [5, 5.41) is 21.9. The van der Waals surface area contributed by atoms with Gasteiger partial charge in [0.25, 0.3) is 0 Å². The van der Waals surface area contributed by atoms with Crippen molar-refractivity contribution in [3.63, 3.8) is 0 Å². The first-order chi connectivity index (χ1) is 16.0. The van der Waals surface area contributed by atoms with E-state index < -0.39 is 0 Å². The predicted molar refractivity (Wildman–Crippen MR) is 148 cm³/mol. The third kappa shape index (κ3) is 5.70. The van der Waals surface area contributed by atoms with Gasteiger partial charge in [-0.15, -0.1) is 0 Å². The Morgan fingerprint density at radius 1 is 0.743 bits per heavy atom. The van der Waals surface area contributed by atoms with Crippen LogP contribution in [0, 0.1) is 27.7 Å². The molecule has 1 unspecified atom stereocenters. The van der Waals surface area contributed by atoms with Crippen LogP contribution in [0.15, 0.2) is 12.1 Å². The minimum Gasteiger partial charge on any atom is -0.507 e. The summed E-state index contributed by atoms with van der Waals surface area (Å²) < 4.78 is 0. The molecule has 1 aliphatic rings. The predicted octanol–water partition coefficient (Wildman–Crippen LogP) is 6.63. The summed E-state index contributed by atoms with van der Waals surface area (Å²) in [4.78, 5) is 5.06. The van der Waals surface area contributed by atoms with Gasteiger partial charge < -0.3 is 10.2 Å². The number of phenolic OH excluding ortho intramolecular Hbond substituents is 2. The van der Waals surface area contributed by atoms with E-state index in [4.69, 9.17) is 0 Å². The molecule has 1 heterocycles. The van der Waals surface area contributed by atoms with Gasteiger partial charge in [0.15, 0.2) is 0 Å². The molecule has 1 atom stereocenters. The van der Waals surface area contributed by atoms with E-state index in [2.05, 4.69) is 98.1 Å². The highest BCUT2D eigenvalue weighted by Gasteiger charge is 2.28. The minimum atomic E-state index is -0.0766. The van der Waals surface area contributed by atoms with Crippen LogP contribution in [0.4, 0.5) is 0 Å². The van der Waals surface area contributed by atoms with Crippen molar-refractivity contribution in [3.8, 4) is 11.5 Å². The second-order valence-electron chi connectivity index (χ2n) is 12.9. The zero-order valence-electron chi connectivity index (χ0n) is 24.1. The van der Waals surface area contributed by atoms with Gasteiger partial charge in [-0.1, -0.05) is 53.7 Å².